The van der Waals surface area contributed by atoms with Crippen LogP contribution in [0.2, 0.25) is 0 Å². The molecule has 280 valence electrons. The van der Waals surface area contributed by atoms with E-state index < -0.39 is 36.9 Å². The molecule has 0 bridgehead atoms. The van der Waals surface area contributed by atoms with E-state index in [4.69, 9.17) is 0 Å². The van der Waals surface area contributed by atoms with Gasteiger partial charge in [-0.1, -0.05) is 187 Å². The van der Waals surface area contributed by atoms with Crippen LogP contribution >= 0.6 is 0 Å². The summed E-state index contributed by atoms with van der Waals surface area (Å²) in [5.41, 5.74) is 0. The van der Waals surface area contributed by atoms with Crippen molar-refractivity contribution in [3.05, 3.63) is 12.2 Å². The van der Waals surface area contributed by atoms with Crippen LogP contribution in [-0.2, 0) is 4.79 Å². The predicted octanol–water partition coefficient (Wildman–Crippen LogP) is 10.2. The standard InChI is InChI=1S/C41H81NO5/c1-3-5-7-9-11-13-15-17-18-19-20-21-23-25-27-29-31-33-35-39(45)41(47)42-37(36-43)40(46)38(44)34-32-30-28-26-24-22-16-14-12-10-8-6-4-2/h19-20,37-40,43-46H,3-18,21-36H2,1-2H3,(H,42,47)/b20-19-. The molecule has 0 aliphatic carbocycles. The quantitative estimate of drug-likeness (QED) is 0.0335. The molecular weight excluding hydrogens is 586 g/mol. The van der Waals surface area contributed by atoms with Crippen LogP contribution in [-0.4, -0.2) is 57.3 Å². The third-order valence-corrected chi connectivity index (χ3v) is 9.73. The average molecular weight is 668 g/mol. The Kier molecular flexibility index (Phi) is 35.6. The molecule has 6 heteroatoms. The number of allylic oxidation sites excluding steroid dienone is 2. The maximum absolute atomic E-state index is 12.5. The monoisotopic (exact) mass is 668 g/mol. The normalized spacial score (nSPS) is 14.4. The lowest BCUT2D eigenvalue weighted by atomic mass is 9.99. The number of amides is 1. The SMILES string of the molecule is CCCCCCCCCC/C=C\CCCCCCCCC(O)C(=O)NC(CO)C(O)C(O)CCCCCCCCCCCCCCC. The van der Waals surface area contributed by atoms with Gasteiger partial charge in [0.05, 0.1) is 18.8 Å². The van der Waals surface area contributed by atoms with Gasteiger partial charge >= 0.3 is 0 Å². The van der Waals surface area contributed by atoms with E-state index in [1.807, 2.05) is 0 Å². The van der Waals surface area contributed by atoms with Crippen molar-refractivity contribution in [1.82, 2.24) is 5.32 Å². The lowest BCUT2D eigenvalue weighted by molar-refractivity contribution is -0.132. The Morgan fingerprint density at radius 1 is 0.511 bits per heavy atom. The summed E-state index contributed by atoms with van der Waals surface area (Å²) in [5.74, 6) is -0.588. The lowest BCUT2D eigenvalue weighted by Gasteiger charge is -2.27. The molecule has 6 nitrogen and oxygen atoms in total. The summed E-state index contributed by atoms with van der Waals surface area (Å²) in [5, 5.41) is 43.6. The maximum Gasteiger partial charge on any atom is 0.249 e. The molecule has 5 N–H and O–H groups in total. The van der Waals surface area contributed by atoms with Gasteiger partial charge in [0.25, 0.3) is 0 Å². The molecule has 0 aliphatic heterocycles. The van der Waals surface area contributed by atoms with Gasteiger partial charge in [0.1, 0.15) is 12.2 Å². The molecule has 0 spiro atoms. The molecule has 1 amide bonds. The van der Waals surface area contributed by atoms with Gasteiger partial charge in [0.2, 0.25) is 5.91 Å². The second kappa shape index (κ2) is 36.3. The number of carbonyl (C=O) groups is 1. The van der Waals surface area contributed by atoms with Crippen LogP contribution in [0.15, 0.2) is 12.2 Å². The Hall–Kier alpha value is -0.950. The van der Waals surface area contributed by atoms with E-state index in [9.17, 15) is 25.2 Å². The zero-order valence-corrected chi connectivity index (χ0v) is 31.3. The van der Waals surface area contributed by atoms with Gasteiger partial charge in [-0.3, -0.25) is 4.79 Å². The van der Waals surface area contributed by atoms with E-state index in [1.54, 1.807) is 0 Å². The van der Waals surface area contributed by atoms with Gasteiger partial charge in [-0.15, -0.1) is 0 Å². The van der Waals surface area contributed by atoms with Crippen molar-refractivity contribution >= 4 is 5.91 Å². The van der Waals surface area contributed by atoms with Crippen LogP contribution in [0.3, 0.4) is 0 Å². The number of aliphatic hydroxyl groups excluding tert-OH is 4. The topological polar surface area (TPSA) is 110 Å². The Labute approximate surface area is 292 Å². The third kappa shape index (κ3) is 30.8. The van der Waals surface area contributed by atoms with Crippen LogP contribution in [0.25, 0.3) is 0 Å². The largest absolute Gasteiger partial charge is 0.394 e. The van der Waals surface area contributed by atoms with Crippen LogP contribution in [0.4, 0.5) is 0 Å². The van der Waals surface area contributed by atoms with Gasteiger partial charge in [-0.05, 0) is 38.5 Å². The molecule has 0 heterocycles. The molecule has 0 aromatic carbocycles. The molecule has 4 atom stereocenters. The molecule has 0 radical (unpaired) electrons. The van der Waals surface area contributed by atoms with Crippen LogP contribution in [0.5, 0.6) is 0 Å². The molecule has 0 fully saturated rings. The molecule has 47 heavy (non-hydrogen) atoms. The van der Waals surface area contributed by atoms with Crippen LogP contribution in [0, 0.1) is 0 Å². The minimum atomic E-state index is -1.26. The highest BCUT2D eigenvalue weighted by Gasteiger charge is 2.28. The zero-order chi connectivity index (χ0) is 34.6. The van der Waals surface area contributed by atoms with Gasteiger partial charge in [-0.25, -0.2) is 0 Å². The van der Waals surface area contributed by atoms with Crippen molar-refractivity contribution in [2.24, 2.45) is 0 Å². The van der Waals surface area contributed by atoms with E-state index in [0.717, 1.165) is 44.9 Å². The second-order valence-corrected chi connectivity index (χ2v) is 14.3. The minimum absolute atomic E-state index is 0.364. The van der Waals surface area contributed by atoms with Gasteiger partial charge in [-0.2, -0.15) is 0 Å². The molecule has 0 aliphatic rings. The highest BCUT2D eigenvalue weighted by atomic mass is 16.3. The number of hydrogen-bond acceptors (Lipinski definition) is 5. The second-order valence-electron chi connectivity index (χ2n) is 14.3. The first-order valence-electron chi connectivity index (χ1n) is 20.6. The summed E-state index contributed by atoms with van der Waals surface area (Å²) in [6.45, 7) is 4.04. The first kappa shape index (κ1) is 46.0. The fraction of sp³-hybridized carbons (Fsp3) is 0.927. The molecule has 4 unspecified atom stereocenters. The number of aliphatic hydroxyl groups is 4. The molecule has 0 aromatic rings. The Morgan fingerprint density at radius 3 is 1.23 bits per heavy atom. The number of rotatable bonds is 37. The fourth-order valence-corrected chi connectivity index (χ4v) is 6.40. The Bertz CT molecular complexity index is 672. The third-order valence-electron chi connectivity index (χ3n) is 9.73. The van der Waals surface area contributed by atoms with E-state index in [-0.39, 0.29) is 0 Å². The maximum atomic E-state index is 12.5. The van der Waals surface area contributed by atoms with Gasteiger partial charge in [0, 0.05) is 0 Å². The summed E-state index contributed by atoms with van der Waals surface area (Å²) >= 11 is 0. The molecular formula is C41H81NO5. The molecule has 0 saturated heterocycles. The number of nitrogens with one attached hydrogen (secondary N) is 1. The van der Waals surface area contributed by atoms with Crippen molar-refractivity contribution < 1.29 is 25.2 Å². The summed E-state index contributed by atoms with van der Waals surface area (Å²) in [4.78, 5) is 12.5. The van der Waals surface area contributed by atoms with E-state index in [2.05, 4.69) is 31.3 Å². The summed E-state index contributed by atoms with van der Waals surface area (Å²) < 4.78 is 0. The molecule has 0 aromatic heterocycles. The average Bonchev–Trinajstić information content (AvgIpc) is 3.07. The Morgan fingerprint density at radius 2 is 0.851 bits per heavy atom. The summed E-state index contributed by atoms with van der Waals surface area (Å²) in [6, 6.07) is -0.983. The van der Waals surface area contributed by atoms with Gasteiger partial charge in [0.15, 0.2) is 0 Å². The number of hydrogen-bond donors (Lipinski definition) is 5. The smallest absolute Gasteiger partial charge is 0.249 e. The lowest BCUT2D eigenvalue weighted by Crippen LogP contribution is -2.53. The van der Waals surface area contributed by atoms with E-state index >= 15 is 0 Å². The van der Waals surface area contributed by atoms with Crippen LogP contribution in [0.1, 0.15) is 213 Å². The molecule has 0 rings (SSSR count). The minimum Gasteiger partial charge on any atom is -0.394 e. The first-order valence-corrected chi connectivity index (χ1v) is 20.6. The first-order chi connectivity index (χ1) is 23.0. The van der Waals surface area contributed by atoms with Gasteiger partial charge < -0.3 is 25.7 Å². The summed E-state index contributed by atoms with van der Waals surface area (Å²) in [6.07, 6.45) is 38.0. The van der Waals surface area contributed by atoms with Crippen LogP contribution < -0.4 is 5.32 Å². The summed E-state index contributed by atoms with van der Waals surface area (Å²) in [7, 11) is 0. The number of carbonyl (C=O) groups excluding carboxylic acids is 1. The van der Waals surface area contributed by atoms with Crippen molar-refractivity contribution in [2.75, 3.05) is 6.61 Å². The van der Waals surface area contributed by atoms with Crippen molar-refractivity contribution in [3.63, 3.8) is 0 Å². The van der Waals surface area contributed by atoms with Crippen molar-refractivity contribution in [3.8, 4) is 0 Å². The fourth-order valence-electron chi connectivity index (χ4n) is 6.40. The number of unbranched alkanes of at least 4 members (excludes halogenated alkanes) is 26. The zero-order valence-electron chi connectivity index (χ0n) is 31.3. The van der Waals surface area contributed by atoms with E-state index in [0.29, 0.717) is 12.8 Å². The highest BCUT2D eigenvalue weighted by molar-refractivity contribution is 5.80. The van der Waals surface area contributed by atoms with E-state index in [1.165, 1.54) is 141 Å². The molecule has 0 saturated carbocycles. The van der Waals surface area contributed by atoms with Crippen molar-refractivity contribution in [2.45, 2.75) is 237 Å². The highest BCUT2D eigenvalue weighted by Crippen LogP contribution is 2.16. The Balaban J connectivity index is 3.76. The van der Waals surface area contributed by atoms with Crippen molar-refractivity contribution in [1.29, 1.82) is 0 Å². The predicted molar refractivity (Wildman–Crippen MR) is 201 cm³/mol.